The number of benzene rings is 2. The zero-order valence-corrected chi connectivity index (χ0v) is 13.7. The van der Waals surface area contributed by atoms with Crippen molar-refractivity contribution < 1.29 is 23.9 Å². The monoisotopic (exact) mass is 339 g/mol. The molecule has 2 aliphatic heterocycles. The minimum atomic E-state index is -0.423. The SMILES string of the molecule is O=C1/C(=C/c2ccccc2F)Oc2c1ccc([O-])c2C[NH+]1CCCC1. The maximum Gasteiger partial charge on any atom is 0.231 e. The van der Waals surface area contributed by atoms with Crippen LogP contribution in [0.3, 0.4) is 0 Å². The molecule has 4 nitrogen and oxygen atoms in total. The van der Waals surface area contributed by atoms with Crippen LogP contribution in [0, 0.1) is 5.82 Å². The molecular formula is C20H18FNO3. The average Bonchev–Trinajstić information content (AvgIpc) is 3.21. The largest absolute Gasteiger partial charge is 0.872 e. The van der Waals surface area contributed by atoms with Crippen LogP contribution >= 0.6 is 0 Å². The standard InChI is InChI=1S/C20H18FNO3/c21-16-6-2-1-5-13(16)11-18-19(24)14-7-8-17(23)15(20(14)25-18)12-22-9-3-4-10-22/h1-2,5-8,11,23H,3-4,9-10,12H2/b18-11-. The van der Waals surface area contributed by atoms with E-state index >= 15 is 0 Å². The van der Waals surface area contributed by atoms with Crippen molar-refractivity contribution in [2.45, 2.75) is 19.4 Å². The molecule has 2 aromatic carbocycles. The number of hydrogen-bond acceptors (Lipinski definition) is 3. The third-order valence-electron chi connectivity index (χ3n) is 4.83. The van der Waals surface area contributed by atoms with Gasteiger partial charge in [-0.15, -0.1) is 0 Å². The molecule has 25 heavy (non-hydrogen) atoms. The van der Waals surface area contributed by atoms with Gasteiger partial charge in [-0.25, -0.2) is 4.39 Å². The molecule has 4 rings (SSSR count). The molecule has 0 spiro atoms. The zero-order valence-electron chi connectivity index (χ0n) is 13.7. The Kier molecular flexibility index (Phi) is 4.01. The molecule has 0 saturated carbocycles. The van der Waals surface area contributed by atoms with Gasteiger partial charge < -0.3 is 14.7 Å². The van der Waals surface area contributed by atoms with Crippen molar-refractivity contribution >= 4 is 11.9 Å². The molecule has 0 amide bonds. The molecular weight excluding hydrogens is 321 g/mol. The van der Waals surface area contributed by atoms with Crippen LogP contribution in [0.1, 0.15) is 34.3 Å². The van der Waals surface area contributed by atoms with Gasteiger partial charge in [-0.05, 0) is 18.2 Å². The number of fused-ring (bicyclic) bond motifs is 1. The van der Waals surface area contributed by atoms with E-state index < -0.39 is 5.82 Å². The highest BCUT2D eigenvalue weighted by molar-refractivity contribution is 6.14. The van der Waals surface area contributed by atoms with E-state index in [9.17, 15) is 14.3 Å². The fourth-order valence-corrected chi connectivity index (χ4v) is 3.49. The van der Waals surface area contributed by atoms with E-state index in [1.807, 2.05) is 0 Å². The third kappa shape index (κ3) is 2.91. The van der Waals surface area contributed by atoms with Crippen LogP contribution in [-0.2, 0) is 6.54 Å². The lowest BCUT2D eigenvalue weighted by molar-refractivity contribution is -0.901. The first-order valence-electron chi connectivity index (χ1n) is 8.49. The Morgan fingerprint density at radius 1 is 1.16 bits per heavy atom. The number of ketones is 1. The van der Waals surface area contributed by atoms with Crippen molar-refractivity contribution in [3.63, 3.8) is 0 Å². The molecule has 0 atom stereocenters. The maximum atomic E-state index is 13.8. The summed E-state index contributed by atoms with van der Waals surface area (Å²) in [6, 6.07) is 9.12. The van der Waals surface area contributed by atoms with Gasteiger partial charge in [0, 0.05) is 24.0 Å². The molecule has 5 heteroatoms. The van der Waals surface area contributed by atoms with Crippen LogP contribution in [0.25, 0.3) is 6.08 Å². The number of allylic oxidation sites excluding steroid dienone is 1. The molecule has 0 bridgehead atoms. The molecule has 1 saturated heterocycles. The van der Waals surface area contributed by atoms with Crippen LogP contribution in [0.5, 0.6) is 11.5 Å². The topological polar surface area (TPSA) is 53.8 Å². The number of quaternary nitrogens is 1. The van der Waals surface area contributed by atoms with Crippen LogP contribution in [0.4, 0.5) is 4.39 Å². The highest BCUT2D eigenvalue weighted by Gasteiger charge is 2.31. The molecule has 1 fully saturated rings. The molecule has 0 radical (unpaired) electrons. The fraction of sp³-hybridized carbons (Fsp3) is 0.250. The molecule has 128 valence electrons. The maximum absolute atomic E-state index is 13.8. The minimum Gasteiger partial charge on any atom is -0.872 e. The number of carbonyl (C=O) groups excluding carboxylic acids is 1. The molecule has 2 aromatic rings. The number of halogens is 1. The summed E-state index contributed by atoms with van der Waals surface area (Å²) in [5.41, 5.74) is 1.21. The molecule has 1 N–H and O–H groups in total. The lowest BCUT2D eigenvalue weighted by Gasteiger charge is -2.19. The lowest BCUT2D eigenvalue weighted by Crippen LogP contribution is -3.08. The molecule has 0 aliphatic carbocycles. The fourth-order valence-electron chi connectivity index (χ4n) is 3.49. The Hall–Kier alpha value is -2.66. The van der Waals surface area contributed by atoms with E-state index in [0.29, 0.717) is 23.4 Å². The second kappa shape index (κ2) is 6.33. The van der Waals surface area contributed by atoms with E-state index in [2.05, 4.69) is 0 Å². The predicted molar refractivity (Wildman–Crippen MR) is 88.9 cm³/mol. The van der Waals surface area contributed by atoms with Gasteiger partial charge in [0.25, 0.3) is 0 Å². The summed E-state index contributed by atoms with van der Waals surface area (Å²) in [7, 11) is 0. The minimum absolute atomic E-state index is 0.0587. The molecule has 0 unspecified atom stereocenters. The Balaban J connectivity index is 1.70. The van der Waals surface area contributed by atoms with Crippen molar-refractivity contribution in [1.29, 1.82) is 0 Å². The van der Waals surface area contributed by atoms with Gasteiger partial charge in [0.1, 0.15) is 18.1 Å². The number of ether oxygens (including phenoxy) is 1. The smallest absolute Gasteiger partial charge is 0.231 e. The van der Waals surface area contributed by atoms with Gasteiger partial charge in [-0.3, -0.25) is 4.79 Å². The lowest BCUT2D eigenvalue weighted by atomic mass is 10.0. The summed E-state index contributed by atoms with van der Waals surface area (Å²) < 4.78 is 19.6. The van der Waals surface area contributed by atoms with Crippen molar-refractivity contribution in [1.82, 2.24) is 0 Å². The van der Waals surface area contributed by atoms with Gasteiger partial charge in [0.05, 0.1) is 18.7 Å². The van der Waals surface area contributed by atoms with Gasteiger partial charge >= 0.3 is 0 Å². The Bertz CT molecular complexity index is 869. The van der Waals surface area contributed by atoms with Crippen LogP contribution in [0.15, 0.2) is 42.2 Å². The van der Waals surface area contributed by atoms with E-state index in [-0.39, 0.29) is 22.9 Å². The Labute approximate surface area is 145 Å². The summed E-state index contributed by atoms with van der Waals surface area (Å²) >= 11 is 0. The second-order valence-corrected chi connectivity index (χ2v) is 6.51. The highest BCUT2D eigenvalue weighted by Crippen LogP contribution is 2.38. The predicted octanol–water partition coefficient (Wildman–Crippen LogP) is 1.69. The number of Topliss-reactive ketones (excluding diaryl/α,β-unsaturated/α-hetero) is 1. The molecule has 0 aromatic heterocycles. The average molecular weight is 339 g/mol. The van der Waals surface area contributed by atoms with Gasteiger partial charge in [0.15, 0.2) is 5.76 Å². The Morgan fingerprint density at radius 2 is 1.92 bits per heavy atom. The number of hydrogen-bond donors (Lipinski definition) is 1. The van der Waals surface area contributed by atoms with Crippen LogP contribution in [-0.4, -0.2) is 18.9 Å². The summed E-state index contributed by atoms with van der Waals surface area (Å²) in [5, 5.41) is 12.3. The zero-order chi connectivity index (χ0) is 17.4. The summed E-state index contributed by atoms with van der Waals surface area (Å²) in [5.74, 6) is -0.439. The van der Waals surface area contributed by atoms with Crippen molar-refractivity contribution in [2.75, 3.05) is 13.1 Å². The summed E-state index contributed by atoms with van der Waals surface area (Å²) in [4.78, 5) is 13.9. The highest BCUT2D eigenvalue weighted by atomic mass is 19.1. The van der Waals surface area contributed by atoms with Gasteiger partial charge in [0.2, 0.25) is 5.78 Å². The second-order valence-electron chi connectivity index (χ2n) is 6.51. The number of likely N-dealkylation sites (tertiary alicyclic amines) is 1. The molecule has 2 aliphatic rings. The normalized spacial score (nSPS) is 18.6. The number of rotatable bonds is 3. The van der Waals surface area contributed by atoms with E-state index in [1.54, 1.807) is 18.2 Å². The van der Waals surface area contributed by atoms with E-state index in [1.165, 1.54) is 29.2 Å². The first-order chi connectivity index (χ1) is 12.1. The summed E-state index contributed by atoms with van der Waals surface area (Å²) in [6.45, 7) is 2.60. The first kappa shape index (κ1) is 15.8. The van der Waals surface area contributed by atoms with Gasteiger partial charge in [-0.2, -0.15) is 0 Å². The first-order valence-corrected chi connectivity index (χ1v) is 8.49. The van der Waals surface area contributed by atoms with Crippen molar-refractivity contribution in [3.8, 4) is 11.5 Å². The van der Waals surface area contributed by atoms with E-state index in [4.69, 9.17) is 4.74 Å². The van der Waals surface area contributed by atoms with Crippen LogP contribution in [0.2, 0.25) is 0 Å². The Morgan fingerprint density at radius 3 is 2.68 bits per heavy atom. The van der Waals surface area contributed by atoms with Crippen molar-refractivity contribution in [2.24, 2.45) is 0 Å². The quantitative estimate of drug-likeness (QED) is 0.866. The molecule has 2 heterocycles. The van der Waals surface area contributed by atoms with E-state index in [0.717, 1.165) is 25.9 Å². The van der Waals surface area contributed by atoms with Crippen molar-refractivity contribution in [3.05, 3.63) is 64.7 Å². The summed E-state index contributed by atoms with van der Waals surface area (Å²) in [6.07, 6.45) is 3.70. The number of carbonyl (C=O) groups is 1. The van der Waals surface area contributed by atoms with Crippen LogP contribution < -0.4 is 14.7 Å². The third-order valence-corrected chi connectivity index (χ3v) is 4.83. The van der Waals surface area contributed by atoms with Gasteiger partial charge in [-0.1, -0.05) is 30.0 Å². The number of nitrogens with one attached hydrogen (secondary N) is 1.